The largest absolute Gasteiger partial charge is 0.368 e. The molecule has 2 aliphatic heterocycles. The lowest BCUT2D eigenvalue weighted by Gasteiger charge is -2.37. The molecule has 33 heavy (non-hydrogen) atoms. The summed E-state index contributed by atoms with van der Waals surface area (Å²) in [5, 5.41) is 3.95. The smallest absolute Gasteiger partial charge is 0.258 e. The predicted octanol–water partition coefficient (Wildman–Crippen LogP) is 4.63. The lowest BCUT2D eigenvalue weighted by Crippen LogP contribution is -2.46. The van der Waals surface area contributed by atoms with Crippen LogP contribution in [0.25, 0.3) is 11.5 Å². The highest BCUT2D eigenvalue weighted by Gasteiger charge is 2.32. The van der Waals surface area contributed by atoms with Crippen LogP contribution in [0.3, 0.4) is 0 Å². The van der Waals surface area contributed by atoms with Crippen molar-refractivity contribution in [2.45, 2.75) is 45.6 Å². The van der Waals surface area contributed by atoms with E-state index in [1.165, 1.54) is 17.2 Å². The van der Waals surface area contributed by atoms with Gasteiger partial charge in [-0.3, -0.25) is 4.79 Å². The minimum Gasteiger partial charge on any atom is -0.368 e. The van der Waals surface area contributed by atoms with Crippen molar-refractivity contribution < 1.29 is 13.7 Å². The van der Waals surface area contributed by atoms with Crippen molar-refractivity contribution >= 4 is 11.6 Å². The SMILES string of the molecule is CCCc1noc(-c2ccc(N3CCCC(C(=O)N4CCc5ccccc5C4)C3)c(F)c2)n1. The van der Waals surface area contributed by atoms with Crippen LogP contribution >= 0.6 is 0 Å². The van der Waals surface area contributed by atoms with E-state index in [0.29, 0.717) is 36.1 Å². The Bertz CT molecular complexity index is 1140. The van der Waals surface area contributed by atoms with Crippen molar-refractivity contribution in [2.75, 3.05) is 24.5 Å². The topological polar surface area (TPSA) is 62.5 Å². The molecule has 1 fully saturated rings. The van der Waals surface area contributed by atoms with Crippen molar-refractivity contribution in [3.63, 3.8) is 0 Å². The molecule has 2 aliphatic rings. The Morgan fingerprint density at radius 2 is 2.03 bits per heavy atom. The lowest BCUT2D eigenvalue weighted by atomic mass is 9.93. The molecule has 0 bridgehead atoms. The summed E-state index contributed by atoms with van der Waals surface area (Å²) in [5.74, 6) is 0.703. The van der Waals surface area contributed by atoms with Crippen LogP contribution in [0, 0.1) is 11.7 Å². The Kier molecular flexibility index (Phi) is 6.11. The number of halogens is 1. The van der Waals surface area contributed by atoms with Crippen molar-refractivity contribution in [1.82, 2.24) is 15.0 Å². The number of aryl methyl sites for hydroxylation is 1. The maximum Gasteiger partial charge on any atom is 0.258 e. The van der Waals surface area contributed by atoms with Gasteiger partial charge in [0, 0.05) is 38.2 Å². The number of piperidine rings is 1. The first-order valence-electron chi connectivity index (χ1n) is 11.9. The molecule has 2 aromatic carbocycles. The van der Waals surface area contributed by atoms with Gasteiger partial charge in [-0.15, -0.1) is 0 Å². The number of nitrogens with zero attached hydrogens (tertiary/aromatic N) is 4. The van der Waals surface area contributed by atoms with Gasteiger partial charge < -0.3 is 14.3 Å². The van der Waals surface area contributed by atoms with E-state index < -0.39 is 0 Å². The standard InChI is InChI=1S/C26H29FN4O2/c1-2-6-24-28-25(33-29-24)19-10-11-23(22(27)15-19)30-13-5-9-21(17-30)26(32)31-14-12-18-7-3-4-8-20(18)16-31/h3-4,7-8,10-11,15,21H,2,5-6,9,12-14,16-17H2,1H3. The van der Waals surface area contributed by atoms with Gasteiger partial charge in [0.1, 0.15) is 5.82 Å². The molecule has 1 unspecified atom stereocenters. The van der Waals surface area contributed by atoms with Crippen LogP contribution in [0.15, 0.2) is 47.0 Å². The molecule has 1 atom stereocenters. The number of rotatable bonds is 5. The van der Waals surface area contributed by atoms with Crippen molar-refractivity contribution in [3.05, 3.63) is 65.2 Å². The maximum atomic E-state index is 15.1. The van der Waals surface area contributed by atoms with Gasteiger partial charge in [0.2, 0.25) is 5.91 Å². The predicted molar refractivity (Wildman–Crippen MR) is 124 cm³/mol. The second-order valence-corrected chi connectivity index (χ2v) is 9.00. The molecule has 0 radical (unpaired) electrons. The van der Waals surface area contributed by atoms with E-state index in [9.17, 15) is 4.79 Å². The van der Waals surface area contributed by atoms with Crippen LogP contribution in [0.4, 0.5) is 10.1 Å². The third kappa shape index (κ3) is 4.49. The molecule has 1 amide bonds. The van der Waals surface area contributed by atoms with Crippen LogP contribution in [0.1, 0.15) is 43.1 Å². The molecule has 3 aromatic rings. The summed E-state index contributed by atoms with van der Waals surface area (Å²) in [4.78, 5) is 21.6. The molecule has 5 rings (SSSR count). The molecular weight excluding hydrogens is 419 g/mol. The third-order valence-electron chi connectivity index (χ3n) is 6.69. The number of aromatic nitrogens is 2. The summed E-state index contributed by atoms with van der Waals surface area (Å²) in [5.41, 5.74) is 3.66. The zero-order chi connectivity index (χ0) is 22.8. The van der Waals surface area contributed by atoms with E-state index in [4.69, 9.17) is 4.52 Å². The zero-order valence-corrected chi connectivity index (χ0v) is 19.0. The second kappa shape index (κ2) is 9.33. The number of benzene rings is 2. The first-order chi connectivity index (χ1) is 16.1. The summed E-state index contributed by atoms with van der Waals surface area (Å²) < 4.78 is 20.4. The van der Waals surface area contributed by atoms with Gasteiger partial charge >= 0.3 is 0 Å². The number of carbonyl (C=O) groups excluding carboxylic acids is 1. The molecule has 1 saturated heterocycles. The van der Waals surface area contributed by atoms with Crippen LogP contribution < -0.4 is 4.90 Å². The first-order valence-corrected chi connectivity index (χ1v) is 11.9. The number of amides is 1. The zero-order valence-electron chi connectivity index (χ0n) is 19.0. The monoisotopic (exact) mass is 448 g/mol. The molecule has 6 nitrogen and oxygen atoms in total. The Labute approximate surface area is 193 Å². The molecule has 1 aromatic heterocycles. The fourth-order valence-electron chi connectivity index (χ4n) is 4.93. The number of fused-ring (bicyclic) bond motifs is 1. The molecule has 7 heteroatoms. The molecular formula is C26H29FN4O2. The van der Waals surface area contributed by atoms with E-state index in [2.05, 4.69) is 28.3 Å². The number of carbonyl (C=O) groups is 1. The molecule has 0 N–H and O–H groups in total. The Hall–Kier alpha value is -3.22. The van der Waals surface area contributed by atoms with Gasteiger partial charge in [0.25, 0.3) is 5.89 Å². The van der Waals surface area contributed by atoms with E-state index in [-0.39, 0.29) is 17.6 Å². The fourth-order valence-corrected chi connectivity index (χ4v) is 4.93. The van der Waals surface area contributed by atoms with Crippen molar-refractivity contribution in [3.8, 4) is 11.5 Å². The minimum atomic E-state index is -0.331. The number of hydrogen-bond donors (Lipinski definition) is 0. The van der Waals surface area contributed by atoms with Crippen LogP contribution in [0.5, 0.6) is 0 Å². The lowest BCUT2D eigenvalue weighted by molar-refractivity contribution is -0.136. The van der Waals surface area contributed by atoms with Gasteiger partial charge in [-0.2, -0.15) is 4.98 Å². The fraction of sp³-hybridized carbons (Fsp3) is 0.423. The summed E-state index contributed by atoms with van der Waals surface area (Å²) in [6.45, 7) is 4.74. The Morgan fingerprint density at radius 3 is 2.85 bits per heavy atom. The van der Waals surface area contributed by atoms with E-state index >= 15 is 4.39 Å². The highest BCUT2D eigenvalue weighted by atomic mass is 19.1. The maximum absolute atomic E-state index is 15.1. The van der Waals surface area contributed by atoms with Crippen LogP contribution in [0.2, 0.25) is 0 Å². The Balaban J connectivity index is 1.28. The molecule has 0 spiro atoms. The summed E-state index contributed by atoms with van der Waals surface area (Å²) in [6.07, 6.45) is 4.26. The highest BCUT2D eigenvalue weighted by molar-refractivity contribution is 5.80. The first kappa shape index (κ1) is 21.6. The highest BCUT2D eigenvalue weighted by Crippen LogP contribution is 2.30. The summed E-state index contributed by atoms with van der Waals surface area (Å²) in [6, 6.07) is 13.4. The van der Waals surface area contributed by atoms with Gasteiger partial charge in [-0.1, -0.05) is 36.3 Å². The van der Waals surface area contributed by atoms with Gasteiger partial charge in [0.15, 0.2) is 5.82 Å². The second-order valence-electron chi connectivity index (χ2n) is 9.00. The Morgan fingerprint density at radius 1 is 1.18 bits per heavy atom. The minimum absolute atomic E-state index is 0.115. The summed E-state index contributed by atoms with van der Waals surface area (Å²) in [7, 11) is 0. The van der Waals surface area contributed by atoms with Crippen LogP contribution in [-0.2, 0) is 24.2 Å². The summed E-state index contributed by atoms with van der Waals surface area (Å²) >= 11 is 0. The van der Waals surface area contributed by atoms with Crippen molar-refractivity contribution in [2.24, 2.45) is 5.92 Å². The number of hydrogen-bond acceptors (Lipinski definition) is 5. The molecule has 3 heterocycles. The third-order valence-corrected chi connectivity index (χ3v) is 6.69. The van der Waals surface area contributed by atoms with Gasteiger partial charge in [0.05, 0.1) is 11.6 Å². The molecule has 0 aliphatic carbocycles. The number of anilines is 1. The van der Waals surface area contributed by atoms with E-state index in [1.807, 2.05) is 28.9 Å². The molecule has 172 valence electrons. The average molecular weight is 449 g/mol. The van der Waals surface area contributed by atoms with Gasteiger partial charge in [-0.05, 0) is 55.0 Å². The normalized spacial score (nSPS) is 18.3. The van der Waals surface area contributed by atoms with Crippen LogP contribution in [-0.4, -0.2) is 40.6 Å². The van der Waals surface area contributed by atoms with Gasteiger partial charge in [-0.25, -0.2) is 4.39 Å². The average Bonchev–Trinajstić information content (AvgIpc) is 3.32. The molecule has 0 saturated carbocycles. The van der Waals surface area contributed by atoms with E-state index in [0.717, 1.165) is 45.2 Å². The van der Waals surface area contributed by atoms with Crippen molar-refractivity contribution in [1.29, 1.82) is 0 Å². The van der Waals surface area contributed by atoms with E-state index in [1.54, 1.807) is 6.07 Å². The quantitative estimate of drug-likeness (QED) is 0.570.